The van der Waals surface area contributed by atoms with Crippen LogP contribution in [0.4, 0.5) is 0 Å². The van der Waals surface area contributed by atoms with Gasteiger partial charge in [-0.1, -0.05) is 44.2 Å². The van der Waals surface area contributed by atoms with Crippen LogP contribution in [0.5, 0.6) is 0 Å². The molecule has 0 radical (unpaired) electrons. The van der Waals surface area contributed by atoms with Crippen molar-refractivity contribution in [2.24, 2.45) is 11.7 Å². The Morgan fingerprint density at radius 2 is 1.88 bits per heavy atom. The van der Waals surface area contributed by atoms with Gasteiger partial charge in [0, 0.05) is 7.11 Å². The van der Waals surface area contributed by atoms with Crippen LogP contribution in [-0.4, -0.2) is 19.4 Å². The van der Waals surface area contributed by atoms with Crippen LogP contribution in [0.25, 0.3) is 0 Å². The summed E-state index contributed by atoms with van der Waals surface area (Å²) in [6.07, 6.45) is 1.59. The van der Waals surface area contributed by atoms with Crippen molar-refractivity contribution in [2.45, 2.75) is 32.9 Å². The summed E-state index contributed by atoms with van der Waals surface area (Å²) in [5.74, 6) is 0.523. The summed E-state index contributed by atoms with van der Waals surface area (Å²) in [5.41, 5.74) is 6.53. The monoisotopic (exact) mass is 237 g/mol. The van der Waals surface area contributed by atoms with Crippen LogP contribution in [0.2, 0.25) is 0 Å². The van der Waals surface area contributed by atoms with E-state index in [0.29, 0.717) is 12.5 Å². The van der Waals surface area contributed by atoms with E-state index in [4.69, 9.17) is 10.5 Å². The van der Waals surface area contributed by atoms with Crippen molar-refractivity contribution >= 4 is 6.29 Å². The van der Waals surface area contributed by atoms with Gasteiger partial charge in [0.2, 0.25) is 0 Å². The molecule has 0 aliphatic carbocycles. The van der Waals surface area contributed by atoms with Gasteiger partial charge in [0.05, 0.1) is 12.6 Å². The summed E-state index contributed by atoms with van der Waals surface area (Å²) in [7, 11) is 1.70. The Kier molecular flexibility index (Phi) is 9.30. The van der Waals surface area contributed by atoms with Gasteiger partial charge in [0.15, 0.2) is 0 Å². The molecule has 1 unspecified atom stereocenters. The number of carbonyl (C=O) groups is 1. The second-order valence-electron chi connectivity index (χ2n) is 4.35. The molecule has 0 heterocycles. The zero-order valence-electron chi connectivity index (χ0n) is 10.9. The highest BCUT2D eigenvalue weighted by Crippen LogP contribution is 1.99. The average molecular weight is 237 g/mol. The van der Waals surface area contributed by atoms with Crippen molar-refractivity contribution in [3.63, 3.8) is 0 Å². The smallest absolute Gasteiger partial charge is 0.136 e. The highest BCUT2D eigenvalue weighted by atomic mass is 16.5. The molecule has 1 aromatic carbocycles. The lowest BCUT2D eigenvalue weighted by Crippen LogP contribution is -2.23. The number of ether oxygens (including phenoxy) is 1. The Morgan fingerprint density at radius 1 is 1.29 bits per heavy atom. The lowest BCUT2D eigenvalue weighted by molar-refractivity contribution is -0.109. The molecule has 0 bridgehead atoms. The van der Waals surface area contributed by atoms with Gasteiger partial charge < -0.3 is 15.3 Å². The van der Waals surface area contributed by atoms with Gasteiger partial charge in [0.1, 0.15) is 6.29 Å². The Morgan fingerprint density at radius 3 is 2.24 bits per heavy atom. The Hall–Kier alpha value is -1.19. The molecule has 17 heavy (non-hydrogen) atoms. The minimum Gasteiger partial charge on any atom is -0.380 e. The number of benzene rings is 1. The van der Waals surface area contributed by atoms with E-state index in [9.17, 15) is 4.79 Å². The number of aldehydes is 1. The van der Waals surface area contributed by atoms with Crippen molar-refractivity contribution < 1.29 is 9.53 Å². The highest BCUT2D eigenvalue weighted by molar-refractivity contribution is 5.56. The molecule has 0 aliphatic rings. The molecule has 0 spiro atoms. The van der Waals surface area contributed by atoms with Crippen LogP contribution in [0.15, 0.2) is 30.3 Å². The highest BCUT2D eigenvalue weighted by Gasteiger charge is 2.01. The first-order valence-electron chi connectivity index (χ1n) is 5.83. The quantitative estimate of drug-likeness (QED) is 0.800. The van der Waals surface area contributed by atoms with E-state index >= 15 is 0 Å². The number of nitrogens with two attached hydrogens (primary N) is 1. The summed E-state index contributed by atoms with van der Waals surface area (Å²) < 4.78 is 4.93. The Bertz CT molecular complexity index is 286. The number of rotatable bonds is 5. The first kappa shape index (κ1) is 15.8. The first-order chi connectivity index (χ1) is 8.10. The molecule has 0 aromatic heterocycles. The van der Waals surface area contributed by atoms with E-state index in [1.807, 2.05) is 44.2 Å². The number of hydrogen-bond acceptors (Lipinski definition) is 3. The number of methoxy groups -OCH3 is 1. The molecule has 0 saturated heterocycles. The third kappa shape index (κ3) is 9.72. The van der Waals surface area contributed by atoms with Gasteiger partial charge in [-0.25, -0.2) is 0 Å². The molecule has 2 N–H and O–H groups in total. The Labute approximate surface area is 104 Å². The van der Waals surface area contributed by atoms with Crippen molar-refractivity contribution in [3.8, 4) is 0 Å². The van der Waals surface area contributed by atoms with Gasteiger partial charge in [-0.05, 0) is 17.9 Å². The van der Waals surface area contributed by atoms with Crippen molar-refractivity contribution in [2.75, 3.05) is 7.11 Å². The first-order valence-corrected chi connectivity index (χ1v) is 5.83. The van der Waals surface area contributed by atoms with Crippen LogP contribution in [0.3, 0.4) is 0 Å². The van der Waals surface area contributed by atoms with Gasteiger partial charge in [-0.2, -0.15) is 0 Å². The summed E-state index contributed by atoms with van der Waals surface area (Å²) in [6.45, 7) is 4.80. The molecular formula is C14H23NO2. The second kappa shape index (κ2) is 10.00. The fourth-order valence-corrected chi connectivity index (χ4v) is 1.34. The lowest BCUT2D eigenvalue weighted by atomic mass is 10.1. The van der Waals surface area contributed by atoms with Crippen molar-refractivity contribution in [1.29, 1.82) is 0 Å². The number of carbonyl (C=O) groups excluding carboxylic acids is 1. The van der Waals surface area contributed by atoms with Crippen LogP contribution in [0, 0.1) is 5.92 Å². The summed E-state index contributed by atoms with van der Waals surface area (Å²) in [5, 5.41) is 0. The van der Waals surface area contributed by atoms with Crippen LogP contribution >= 0.6 is 0 Å². The fraction of sp³-hybridized carbons (Fsp3) is 0.500. The molecule has 0 aliphatic heterocycles. The van der Waals surface area contributed by atoms with E-state index in [0.717, 1.165) is 12.7 Å². The normalized spacial score (nSPS) is 11.6. The minimum atomic E-state index is -0.255. The van der Waals surface area contributed by atoms with Gasteiger partial charge in [-0.3, -0.25) is 0 Å². The second-order valence-corrected chi connectivity index (χ2v) is 4.35. The van der Waals surface area contributed by atoms with Crippen LogP contribution in [0.1, 0.15) is 25.8 Å². The SMILES string of the molecule is CC(C)CC(N)C=O.COCc1ccccc1. The maximum Gasteiger partial charge on any atom is 0.136 e. The molecule has 1 atom stereocenters. The van der Waals surface area contributed by atoms with Crippen LogP contribution < -0.4 is 5.73 Å². The molecule has 3 heteroatoms. The van der Waals surface area contributed by atoms with E-state index in [2.05, 4.69) is 0 Å². The predicted molar refractivity (Wildman–Crippen MR) is 70.6 cm³/mol. The van der Waals surface area contributed by atoms with Crippen molar-refractivity contribution in [1.82, 2.24) is 0 Å². The fourth-order valence-electron chi connectivity index (χ4n) is 1.34. The summed E-state index contributed by atoms with van der Waals surface area (Å²) in [4.78, 5) is 9.92. The van der Waals surface area contributed by atoms with Gasteiger partial charge >= 0.3 is 0 Å². The zero-order chi connectivity index (χ0) is 13.1. The van der Waals surface area contributed by atoms with E-state index in [-0.39, 0.29) is 6.04 Å². The maximum absolute atomic E-state index is 9.92. The largest absolute Gasteiger partial charge is 0.380 e. The molecule has 0 amide bonds. The van der Waals surface area contributed by atoms with E-state index in [1.165, 1.54) is 5.56 Å². The molecule has 1 rings (SSSR count). The maximum atomic E-state index is 9.92. The zero-order valence-corrected chi connectivity index (χ0v) is 10.9. The van der Waals surface area contributed by atoms with Crippen molar-refractivity contribution in [3.05, 3.63) is 35.9 Å². The molecule has 1 aromatic rings. The third-order valence-corrected chi connectivity index (χ3v) is 2.07. The third-order valence-electron chi connectivity index (χ3n) is 2.07. The summed E-state index contributed by atoms with van der Waals surface area (Å²) in [6, 6.07) is 9.85. The average Bonchev–Trinajstić information content (AvgIpc) is 2.31. The van der Waals surface area contributed by atoms with E-state index in [1.54, 1.807) is 7.11 Å². The minimum absolute atomic E-state index is 0.255. The molecule has 0 fully saturated rings. The van der Waals surface area contributed by atoms with E-state index < -0.39 is 0 Å². The Balaban J connectivity index is 0.000000304. The van der Waals surface area contributed by atoms with Gasteiger partial charge in [-0.15, -0.1) is 0 Å². The standard InChI is InChI=1S/C8H10O.C6H13NO/c1-9-7-8-5-3-2-4-6-8;1-5(2)3-6(7)4-8/h2-6H,7H2,1H3;4-6H,3,7H2,1-2H3. The van der Waals surface area contributed by atoms with Gasteiger partial charge in [0.25, 0.3) is 0 Å². The molecule has 96 valence electrons. The molecular weight excluding hydrogens is 214 g/mol. The van der Waals surface area contributed by atoms with Crippen LogP contribution in [-0.2, 0) is 16.1 Å². The predicted octanol–water partition coefficient (Wildman–Crippen LogP) is 2.39. The molecule has 0 saturated carbocycles. The molecule has 3 nitrogen and oxygen atoms in total. The summed E-state index contributed by atoms with van der Waals surface area (Å²) >= 11 is 0. The lowest BCUT2D eigenvalue weighted by Gasteiger charge is -2.04. The topological polar surface area (TPSA) is 52.3 Å². The number of hydrogen-bond donors (Lipinski definition) is 1.